The minimum atomic E-state index is -0.810. The molecule has 0 radical (unpaired) electrons. The summed E-state index contributed by atoms with van der Waals surface area (Å²) in [7, 11) is 1.69. The third kappa shape index (κ3) is 9.73. The van der Waals surface area contributed by atoms with Gasteiger partial charge in [0.2, 0.25) is 0 Å². The predicted molar refractivity (Wildman–Crippen MR) is 84.8 cm³/mol. The normalized spacial score (nSPS) is 12.0. The van der Waals surface area contributed by atoms with Crippen LogP contribution in [0, 0.1) is 0 Å². The molecule has 0 spiro atoms. The Kier molecular flexibility index (Phi) is 13.8. The second kappa shape index (κ2) is 13.8. The van der Waals surface area contributed by atoms with Crippen molar-refractivity contribution < 1.29 is 14.2 Å². The molecule has 0 aromatic heterocycles. The largest absolute Gasteiger partial charge is 0.331 e. The molecule has 0 aliphatic carbocycles. The monoisotopic (exact) mass is 288 g/mol. The van der Waals surface area contributed by atoms with Crippen LogP contribution in [0.3, 0.4) is 0 Å². The van der Waals surface area contributed by atoms with Gasteiger partial charge >= 0.3 is 0 Å². The summed E-state index contributed by atoms with van der Waals surface area (Å²) < 4.78 is 17.2. The Balaban J connectivity index is 3.94. The lowest BCUT2D eigenvalue weighted by molar-refractivity contribution is -0.374. The molecule has 0 N–H and O–H groups in total. The van der Waals surface area contributed by atoms with Crippen LogP contribution in [0.4, 0.5) is 0 Å². The van der Waals surface area contributed by atoms with Crippen LogP contribution in [0.2, 0.25) is 0 Å². The molecular formula is C17H36O3. The van der Waals surface area contributed by atoms with Crippen molar-refractivity contribution in [2.45, 2.75) is 91.0 Å². The zero-order valence-electron chi connectivity index (χ0n) is 14.2. The van der Waals surface area contributed by atoms with Crippen LogP contribution in [-0.2, 0) is 14.2 Å². The van der Waals surface area contributed by atoms with Gasteiger partial charge in [0, 0.05) is 13.5 Å². The number of unbranched alkanes of at least 4 members (excludes halogenated alkanes) is 6. The number of hydrogen-bond donors (Lipinski definition) is 0. The van der Waals surface area contributed by atoms with Crippen LogP contribution in [0.5, 0.6) is 0 Å². The smallest absolute Gasteiger partial charge is 0.282 e. The van der Waals surface area contributed by atoms with Crippen molar-refractivity contribution in [2.24, 2.45) is 0 Å². The van der Waals surface area contributed by atoms with Gasteiger partial charge in [0.1, 0.15) is 0 Å². The van der Waals surface area contributed by atoms with Crippen molar-refractivity contribution in [3.63, 3.8) is 0 Å². The molecule has 0 aliphatic heterocycles. The summed E-state index contributed by atoms with van der Waals surface area (Å²) in [5.41, 5.74) is 0. The molecule has 0 bridgehead atoms. The Morgan fingerprint density at radius 1 is 0.650 bits per heavy atom. The maximum atomic E-state index is 5.83. The Morgan fingerprint density at radius 2 is 1.15 bits per heavy atom. The van der Waals surface area contributed by atoms with Crippen molar-refractivity contribution in [2.75, 3.05) is 20.3 Å². The first-order valence-corrected chi connectivity index (χ1v) is 8.57. The standard InChI is InChI=1S/C17H36O3/c1-5-8-9-10-11-12-13-14-17(18-4,19-15-6-2)20-16-7-3/h5-16H2,1-4H3. The fraction of sp³-hybridized carbons (Fsp3) is 1.00. The Morgan fingerprint density at radius 3 is 1.60 bits per heavy atom. The zero-order valence-corrected chi connectivity index (χ0v) is 14.2. The first-order chi connectivity index (χ1) is 9.74. The average Bonchev–Trinajstić information content (AvgIpc) is 2.48. The van der Waals surface area contributed by atoms with Crippen LogP contribution in [0.1, 0.15) is 85.0 Å². The molecule has 0 atom stereocenters. The molecule has 0 saturated heterocycles. The molecular weight excluding hydrogens is 252 g/mol. The van der Waals surface area contributed by atoms with Crippen LogP contribution in [-0.4, -0.2) is 26.3 Å². The summed E-state index contributed by atoms with van der Waals surface area (Å²) >= 11 is 0. The van der Waals surface area contributed by atoms with Crippen LogP contribution in [0.15, 0.2) is 0 Å². The Labute approximate surface area is 126 Å². The molecule has 3 nitrogen and oxygen atoms in total. The summed E-state index contributed by atoms with van der Waals surface area (Å²) in [5, 5.41) is 0. The highest BCUT2D eigenvalue weighted by Gasteiger charge is 2.31. The Hall–Kier alpha value is -0.120. The summed E-state index contributed by atoms with van der Waals surface area (Å²) in [4.78, 5) is 0. The van der Waals surface area contributed by atoms with Crippen LogP contribution in [0.25, 0.3) is 0 Å². The van der Waals surface area contributed by atoms with E-state index >= 15 is 0 Å². The van der Waals surface area contributed by atoms with Crippen LogP contribution >= 0.6 is 0 Å². The lowest BCUT2D eigenvalue weighted by Gasteiger charge is -2.32. The number of methoxy groups -OCH3 is 1. The van der Waals surface area contributed by atoms with E-state index in [1.807, 2.05) is 0 Å². The summed E-state index contributed by atoms with van der Waals surface area (Å²) in [6.45, 7) is 7.84. The van der Waals surface area contributed by atoms with Crippen LogP contribution < -0.4 is 0 Å². The van der Waals surface area contributed by atoms with E-state index in [2.05, 4.69) is 20.8 Å². The van der Waals surface area contributed by atoms with E-state index in [1.165, 1.54) is 38.5 Å². The minimum Gasteiger partial charge on any atom is -0.331 e. The van der Waals surface area contributed by atoms with Crippen molar-refractivity contribution in [1.82, 2.24) is 0 Å². The van der Waals surface area contributed by atoms with Gasteiger partial charge in [-0.2, -0.15) is 0 Å². The van der Waals surface area contributed by atoms with Gasteiger partial charge in [-0.3, -0.25) is 0 Å². The SMILES string of the molecule is CCCCCCCCCC(OC)(OCCC)OCCC. The lowest BCUT2D eigenvalue weighted by Crippen LogP contribution is -2.38. The van der Waals surface area contributed by atoms with Gasteiger partial charge in [0.25, 0.3) is 5.97 Å². The molecule has 0 fully saturated rings. The molecule has 0 heterocycles. The number of hydrogen-bond acceptors (Lipinski definition) is 3. The highest BCUT2D eigenvalue weighted by atomic mass is 16.9. The van der Waals surface area contributed by atoms with Gasteiger partial charge in [0.15, 0.2) is 0 Å². The average molecular weight is 288 g/mol. The minimum absolute atomic E-state index is 0.689. The van der Waals surface area contributed by atoms with E-state index in [-0.39, 0.29) is 0 Å². The maximum absolute atomic E-state index is 5.83. The van der Waals surface area contributed by atoms with E-state index in [4.69, 9.17) is 14.2 Å². The molecule has 122 valence electrons. The van der Waals surface area contributed by atoms with Gasteiger partial charge in [0.05, 0.1) is 13.2 Å². The van der Waals surface area contributed by atoms with Gasteiger partial charge in [-0.25, -0.2) is 0 Å². The Bertz CT molecular complexity index is 187. The molecule has 0 rings (SSSR count). The van der Waals surface area contributed by atoms with E-state index < -0.39 is 5.97 Å². The van der Waals surface area contributed by atoms with Gasteiger partial charge in [-0.05, 0) is 19.3 Å². The molecule has 0 aromatic rings. The van der Waals surface area contributed by atoms with E-state index in [0.717, 1.165) is 25.7 Å². The highest BCUT2D eigenvalue weighted by molar-refractivity contribution is 4.59. The summed E-state index contributed by atoms with van der Waals surface area (Å²) in [6, 6.07) is 0. The molecule has 0 aliphatic rings. The quantitative estimate of drug-likeness (QED) is 0.303. The highest BCUT2D eigenvalue weighted by Crippen LogP contribution is 2.24. The third-order valence-corrected chi connectivity index (χ3v) is 3.45. The van der Waals surface area contributed by atoms with Gasteiger partial charge < -0.3 is 14.2 Å². The second-order valence-corrected chi connectivity index (χ2v) is 5.46. The molecule has 20 heavy (non-hydrogen) atoms. The van der Waals surface area contributed by atoms with E-state index in [0.29, 0.717) is 13.2 Å². The van der Waals surface area contributed by atoms with Gasteiger partial charge in [-0.15, -0.1) is 0 Å². The fourth-order valence-electron chi connectivity index (χ4n) is 2.22. The second-order valence-electron chi connectivity index (χ2n) is 5.46. The molecule has 0 aromatic carbocycles. The molecule has 0 saturated carbocycles. The first kappa shape index (κ1) is 19.9. The summed E-state index contributed by atoms with van der Waals surface area (Å²) in [5.74, 6) is -0.810. The fourth-order valence-corrected chi connectivity index (χ4v) is 2.22. The summed E-state index contributed by atoms with van der Waals surface area (Å²) in [6.07, 6.45) is 11.8. The van der Waals surface area contributed by atoms with E-state index in [9.17, 15) is 0 Å². The maximum Gasteiger partial charge on any atom is 0.282 e. The molecule has 0 amide bonds. The van der Waals surface area contributed by atoms with Crippen molar-refractivity contribution in [3.05, 3.63) is 0 Å². The number of rotatable bonds is 15. The van der Waals surface area contributed by atoms with Gasteiger partial charge in [-0.1, -0.05) is 59.3 Å². The topological polar surface area (TPSA) is 27.7 Å². The first-order valence-electron chi connectivity index (χ1n) is 8.57. The zero-order chi connectivity index (χ0) is 15.1. The van der Waals surface area contributed by atoms with Crippen molar-refractivity contribution in [3.8, 4) is 0 Å². The predicted octanol–water partition coefficient (Wildman–Crippen LogP) is 5.28. The molecule has 0 unspecified atom stereocenters. The third-order valence-electron chi connectivity index (χ3n) is 3.45. The van der Waals surface area contributed by atoms with Crippen molar-refractivity contribution in [1.29, 1.82) is 0 Å². The van der Waals surface area contributed by atoms with Crippen molar-refractivity contribution >= 4 is 0 Å². The molecule has 3 heteroatoms. The van der Waals surface area contributed by atoms with E-state index in [1.54, 1.807) is 7.11 Å². The lowest BCUT2D eigenvalue weighted by atomic mass is 10.1. The number of ether oxygens (including phenoxy) is 3.